The molecule has 3 N–H and O–H groups in total. The average Bonchev–Trinajstić information content (AvgIpc) is 3.10. The van der Waals surface area contributed by atoms with Gasteiger partial charge >= 0.3 is 6.03 Å². The number of aryl methyl sites for hydroxylation is 1. The van der Waals surface area contributed by atoms with Crippen LogP contribution in [0.1, 0.15) is 16.1 Å². The first-order valence-corrected chi connectivity index (χ1v) is 9.45. The van der Waals surface area contributed by atoms with Gasteiger partial charge < -0.3 is 15.4 Å². The lowest BCUT2D eigenvalue weighted by Crippen LogP contribution is -2.19. The highest BCUT2D eigenvalue weighted by Crippen LogP contribution is 2.27. The summed E-state index contributed by atoms with van der Waals surface area (Å²) < 4.78 is 5.08. The Bertz CT molecular complexity index is 1020. The third-order valence-corrected chi connectivity index (χ3v) is 4.70. The number of thiazole rings is 1. The summed E-state index contributed by atoms with van der Waals surface area (Å²) in [6.07, 6.45) is 0. The summed E-state index contributed by atoms with van der Waals surface area (Å²) in [5.74, 6) is 0.101. The van der Waals surface area contributed by atoms with Gasteiger partial charge in [0.05, 0.1) is 12.1 Å². The van der Waals surface area contributed by atoms with Crippen LogP contribution in [0.2, 0.25) is 5.02 Å². The van der Waals surface area contributed by atoms with E-state index in [2.05, 4.69) is 20.9 Å². The molecule has 0 saturated carbocycles. The van der Waals surface area contributed by atoms with Crippen molar-refractivity contribution in [2.75, 3.05) is 23.1 Å². The molecule has 9 heteroatoms. The lowest BCUT2D eigenvalue weighted by atomic mass is 10.2. The van der Waals surface area contributed by atoms with Gasteiger partial charge in [-0.1, -0.05) is 23.7 Å². The van der Waals surface area contributed by atoms with Crippen molar-refractivity contribution in [2.45, 2.75) is 6.92 Å². The van der Waals surface area contributed by atoms with Gasteiger partial charge in [0.2, 0.25) is 0 Å². The molecule has 0 aliphatic heterocycles. The molecule has 144 valence electrons. The Hall–Kier alpha value is -3.10. The Kier molecular flexibility index (Phi) is 6.13. The van der Waals surface area contributed by atoms with E-state index in [4.69, 9.17) is 16.3 Å². The zero-order valence-corrected chi connectivity index (χ0v) is 16.6. The van der Waals surface area contributed by atoms with Crippen molar-refractivity contribution >= 4 is 51.4 Å². The van der Waals surface area contributed by atoms with Gasteiger partial charge in [-0.15, -0.1) is 11.3 Å². The van der Waals surface area contributed by atoms with Crippen LogP contribution in [0.4, 0.5) is 21.3 Å². The normalized spacial score (nSPS) is 10.2. The number of hydrogen-bond acceptors (Lipinski definition) is 5. The molecule has 1 aromatic heterocycles. The maximum absolute atomic E-state index is 12.3. The molecule has 0 unspecified atom stereocenters. The zero-order chi connectivity index (χ0) is 20.1. The molecular weight excluding hydrogens is 400 g/mol. The fraction of sp³-hybridized carbons (Fsp3) is 0.105. The summed E-state index contributed by atoms with van der Waals surface area (Å²) in [5, 5.41) is 10.3. The maximum Gasteiger partial charge on any atom is 0.325 e. The summed E-state index contributed by atoms with van der Waals surface area (Å²) in [6, 6.07) is 11.9. The van der Waals surface area contributed by atoms with Gasteiger partial charge in [0.15, 0.2) is 5.13 Å². The Labute approximate surface area is 170 Å². The number of benzene rings is 2. The quantitative estimate of drug-likeness (QED) is 0.545. The van der Waals surface area contributed by atoms with E-state index in [9.17, 15) is 9.59 Å². The summed E-state index contributed by atoms with van der Waals surface area (Å²) in [7, 11) is 1.51. The number of hydrogen-bond donors (Lipinski definition) is 3. The molecule has 2 aromatic carbocycles. The summed E-state index contributed by atoms with van der Waals surface area (Å²) >= 11 is 7.20. The molecule has 3 rings (SSSR count). The van der Waals surface area contributed by atoms with Crippen molar-refractivity contribution in [1.29, 1.82) is 0 Å². The van der Waals surface area contributed by atoms with Crippen LogP contribution in [-0.4, -0.2) is 24.0 Å². The Morgan fingerprint density at radius 2 is 1.86 bits per heavy atom. The standard InChI is InChI=1S/C19H17ClN4O3S/c1-11-4-3-5-12(8-11)22-18(26)24-19-23-15(10-28-19)17(25)21-13-6-7-16(27-2)14(20)9-13/h3-10H,1-2H3,(H,21,25)(H2,22,23,24,26). The van der Waals surface area contributed by atoms with Crippen LogP contribution in [-0.2, 0) is 0 Å². The lowest BCUT2D eigenvalue weighted by molar-refractivity contribution is 0.102. The number of nitrogens with one attached hydrogen (secondary N) is 3. The highest BCUT2D eigenvalue weighted by atomic mass is 35.5. The minimum Gasteiger partial charge on any atom is -0.495 e. The third kappa shape index (κ3) is 4.99. The molecule has 1 heterocycles. The van der Waals surface area contributed by atoms with E-state index >= 15 is 0 Å². The number of methoxy groups -OCH3 is 1. The second-order valence-electron chi connectivity index (χ2n) is 5.79. The van der Waals surface area contributed by atoms with E-state index in [0.717, 1.165) is 16.9 Å². The summed E-state index contributed by atoms with van der Waals surface area (Å²) in [4.78, 5) is 28.6. The van der Waals surface area contributed by atoms with Crippen molar-refractivity contribution in [3.05, 3.63) is 64.1 Å². The second kappa shape index (κ2) is 8.73. The average molecular weight is 417 g/mol. The predicted octanol–water partition coefficient (Wildman–Crippen LogP) is 5.01. The van der Waals surface area contributed by atoms with E-state index < -0.39 is 11.9 Å². The van der Waals surface area contributed by atoms with Crippen LogP contribution in [0.3, 0.4) is 0 Å². The molecule has 0 bridgehead atoms. The van der Waals surface area contributed by atoms with E-state index in [0.29, 0.717) is 27.3 Å². The van der Waals surface area contributed by atoms with Gasteiger partial charge in [0.1, 0.15) is 11.4 Å². The third-order valence-electron chi connectivity index (χ3n) is 3.64. The van der Waals surface area contributed by atoms with Crippen LogP contribution in [0, 0.1) is 6.92 Å². The second-order valence-corrected chi connectivity index (χ2v) is 7.06. The first-order chi connectivity index (χ1) is 13.4. The number of carbonyl (C=O) groups excluding carboxylic acids is 2. The Morgan fingerprint density at radius 3 is 2.57 bits per heavy atom. The van der Waals surface area contributed by atoms with Crippen molar-refractivity contribution in [1.82, 2.24) is 4.98 Å². The molecule has 7 nitrogen and oxygen atoms in total. The van der Waals surface area contributed by atoms with Gasteiger partial charge in [0, 0.05) is 16.8 Å². The molecular formula is C19H17ClN4O3S. The molecule has 0 saturated heterocycles. The van der Waals surface area contributed by atoms with Gasteiger partial charge in [-0.25, -0.2) is 9.78 Å². The van der Waals surface area contributed by atoms with Crippen LogP contribution < -0.4 is 20.7 Å². The van der Waals surface area contributed by atoms with E-state index in [-0.39, 0.29) is 5.69 Å². The van der Waals surface area contributed by atoms with E-state index in [1.807, 2.05) is 25.1 Å². The number of urea groups is 1. The lowest BCUT2D eigenvalue weighted by Gasteiger charge is -2.07. The Balaban J connectivity index is 1.60. The van der Waals surface area contributed by atoms with Crippen LogP contribution in [0.15, 0.2) is 47.8 Å². The number of rotatable bonds is 5. The van der Waals surface area contributed by atoms with E-state index in [1.54, 1.807) is 29.6 Å². The topological polar surface area (TPSA) is 92.4 Å². The number of carbonyl (C=O) groups is 2. The van der Waals surface area contributed by atoms with Crippen molar-refractivity contribution < 1.29 is 14.3 Å². The molecule has 28 heavy (non-hydrogen) atoms. The molecule has 0 aliphatic rings. The minimum atomic E-state index is -0.436. The summed E-state index contributed by atoms with van der Waals surface area (Å²) in [5.41, 5.74) is 2.39. The monoisotopic (exact) mass is 416 g/mol. The molecule has 3 aromatic rings. The molecule has 0 atom stereocenters. The molecule has 3 amide bonds. The molecule has 0 aliphatic carbocycles. The predicted molar refractivity (Wildman–Crippen MR) is 112 cm³/mol. The smallest absolute Gasteiger partial charge is 0.325 e. The largest absolute Gasteiger partial charge is 0.495 e. The fourth-order valence-electron chi connectivity index (χ4n) is 2.36. The molecule has 0 radical (unpaired) electrons. The number of nitrogens with zero attached hydrogens (tertiary/aromatic N) is 1. The summed E-state index contributed by atoms with van der Waals surface area (Å²) in [6.45, 7) is 1.94. The van der Waals surface area contributed by atoms with Gasteiger partial charge in [-0.3, -0.25) is 10.1 Å². The first-order valence-electron chi connectivity index (χ1n) is 8.19. The van der Waals surface area contributed by atoms with E-state index in [1.165, 1.54) is 7.11 Å². The number of aromatic nitrogens is 1. The molecule has 0 spiro atoms. The number of amides is 3. The SMILES string of the molecule is COc1ccc(NC(=O)c2csc(NC(=O)Nc3cccc(C)c3)n2)cc1Cl. The number of ether oxygens (including phenoxy) is 1. The number of anilines is 3. The minimum absolute atomic E-state index is 0.183. The van der Waals surface area contributed by atoms with Gasteiger partial charge in [-0.05, 0) is 42.8 Å². The highest BCUT2D eigenvalue weighted by Gasteiger charge is 2.13. The zero-order valence-electron chi connectivity index (χ0n) is 15.1. The van der Waals surface area contributed by atoms with Gasteiger partial charge in [0.25, 0.3) is 5.91 Å². The van der Waals surface area contributed by atoms with Crippen LogP contribution >= 0.6 is 22.9 Å². The van der Waals surface area contributed by atoms with Crippen molar-refractivity contribution in [3.63, 3.8) is 0 Å². The van der Waals surface area contributed by atoms with Crippen molar-refractivity contribution in [2.24, 2.45) is 0 Å². The van der Waals surface area contributed by atoms with Gasteiger partial charge in [-0.2, -0.15) is 0 Å². The van der Waals surface area contributed by atoms with Crippen LogP contribution in [0.25, 0.3) is 0 Å². The fourth-order valence-corrected chi connectivity index (χ4v) is 3.30. The van der Waals surface area contributed by atoms with Crippen LogP contribution in [0.5, 0.6) is 5.75 Å². The first kappa shape index (κ1) is 19.7. The Morgan fingerprint density at radius 1 is 1.07 bits per heavy atom. The molecule has 0 fully saturated rings. The van der Waals surface area contributed by atoms with Crippen molar-refractivity contribution in [3.8, 4) is 5.75 Å². The number of halogens is 1. The highest BCUT2D eigenvalue weighted by molar-refractivity contribution is 7.14. The maximum atomic E-state index is 12.3.